The van der Waals surface area contributed by atoms with Gasteiger partial charge in [0.2, 0.25) is 0 Å². The SMILES string of the molecule is OCC[C@@H]1CN(Cc2cnn(-c3cccc(Cl)c3)c2)CCN1Cc1ccccc1F. The van der Waals surface area contributed by atoms with Crippen LogP contribution in [0.25, 0.3) is 5.69 Å². The molecule has 1 saturated heterocycles. The molecule has 0 bridgehead atoms. The Bertz CT molecular complexity index is 979. The normalized spacial score (nSPS) is 18.0. The average molecular weight is 429 g/mol. The highest BCUT2D eigenvalue weighted by atomic mass is 35.5. The molecule has 1 atom stereocenters. The minimum Gasteiger partial charge on any atom is -0.396 e. The summed E-state index contributed by atoms with van der Waals surface area (Å²) in [6.45, 7) is 4.03. The van der Waals surface area contributed by atoms with E-state index in [1.807, 2.05) is 53.5 Å². The standard InChI is InChI=1S/C23H26ClFN4O/c24-20-5-3-6-21(12-20)29-15-18(13-26-29)14-27-9-10-28(22(17-27)8-11-30)16-19-4-1-2-7-23(19)25/h1-7,12-13,15,22,30H,8-11,14,16-17H2/t22-/m1/s1. The zero-order chi connectivity index (χ0) is 20.9. The van der Waals surface area contributed by atoms with Gasteiger partial charge in [-0.25, -0.2) is 9.07 Å². The van der Waals surface area contributed by atoms with Crippen LogP contribution in [0.5, 0.6) is 0 Å². The van der Waals surface area contributed by atoms with Crippen molar-refractivity contribution >= 4 is 11.6 Å². The Kier molecular flexibility index (Phi) is 6.79. The summed E-state index contributed by atoms with van der Waals surface area (Å²) in [7, 11) is 0. The fraction of sp³-hybridized carbons (Fsp3) is 0.348. The van der Waals surface area contributed by atoms with Crippen molar-refractivity contribution in [1.29, 1.82) is 0 Å². The Hall–Kier alpha value is -2.25. The van der Waals surface area contributed by atoms with Crippen molar-refractivity contribution in [3.05, 3.63) is 82.9 Å². The van der Waals surface area contributed by atoms with Crippen LogP contribution in [-0.4, -0.2) is 57.0 Å². The summed E-state index contributed by atoms with van der Waals surface area (Å²) in [5, 5.41) is 14.7. The second kappa shape index (κ2) is 9.71. The number of piperazine rings is 1. The molecule has 158 valence electrons. The molecule has 5 nitrogen and oxygen atoms in total. The first-order chi connectivity index (χ1) is 14.6. The number of aliphatic hydroxyl groups is 1. The van der Waals surface area contributed by atoms with Gasteiger partial charge in [-0.05, 0) is 30.7 Å². The molecule has 1 fully saturated rings. The van der Waals surface area contributed by atoms with Crippen LogP contribution in [0.1, 0.15) is 17.5 Å². The Morgan fingerprint density at radius 2 is 1.97 bits per heavy atom. The zero-order valence-electron chi connectivity index (χ0n) is 16.8. The molecule has 1 N–H and O–H groups in total. The van der Waals surface area contributed by atoms with E-state index in [4.69, 9.17) is 11.6 Å². The van der Waals surface area contributed by atoms with Crippen LogP contribution >= 0.6 is 11.6 Å². The number of aliphatic hydroxyl groups excluding tert-OH is 1. The van der Waals surface area contributed by atoms with Crippen molar-refractivity contribution in [3.8, 4) is 5.69 Å². The van der Waals surface area contributed by atoms with Crippen LogP contribution in [0.15, 0.2) is 60.9 Å². The molecular weight excluding hydrogens is 403 g/mol. The average Bonchev–Trinajstić information content (AvgIpc) is 3.20. The molecule has 3 aromatic rings. The van der Waals surface area contributed by atoms with Crippen molar-refractivity contribution in [3.63, 3.8) is 0 Å². The number of benzene rings is 2. The third-order valence-corrected chi connectivity index (χ3v) is 5.83. The predicted octanol–water partition coefficient (Wildman–Crippen LogP) is 3.73. The molecule has 0 saturated carbocycles. The first kappa shape index (κ1) is 21.0. The molecule has 7 heteroatoms. The van der Waals surface area contributed by atoms with Crippen LogP contribution in [0.3, 0.4) is 0 Å². The summed E-state index contributed by atoms with van der Waals surface area (Å²) in [5.41, 5.74) is 2.76. The van der Waals surface area contributed by atoms with Crippen molar-refractivity contribution < 1.29 is 9.50 Å². The van der Waals surface area contributed by atoms with Gasteiger partial charge >= 0.3 is 0 Å². The Morgan fingerprint density at radius 3 is 2.77 bits per heavy atom. The minimum atomic E-state index is -0.170. The highest BCUT2D eigenvalue weighted by Gasteiger charge is 2.27. The fourth-order valence-corrected chi connectivity index (χ4v) is 4.22. The second-order valence-corrected chi connectivity index (χ2v) is 8.17. The van der Waals surface area contributed by atoms with Gasteiger partial charge in [0.1, 0.15) is 5.82 Å². The lowest BCUT2D eigenvalue weighted by Gasteiger charge is -2.41. The second-order valence-electron chi connectivity index (χ2n) is 7.74. The molecule has 2 heterocycles. The molecule has 1 aromatic heterocycles. The minimum absolute atomic E-state index is 0.124. The maximum Gasteiger partial charge on any atom is 0.127 e. The topological polar surface area (TPSA) is 44.5 Å². The van der Waals surface area contributed by atoms with E-state index >= 15 is 0 Å². The van der Waals surface area contributed by atoms with Crippen molar-refractivity contribution in [2.24, 2.45) is 0 Å². The molecule has 0 unspecified atom stereocenters. The van der Waals surface area contributed by atoms with Gasteiger partial charge in [-0.15, -0.1) is 0 Å². The first-order valence-corrected chi connectivity index (χ1v) is 10.6. The van der Waals surface area contributed by atoms with E-state index in [0.29, 0.717) is 23.6 Å². The molecule has 30 heavy (non-hydrogen) atoms. The molecule has 2 aromatic carbocycles. The molecule has 0 radical (unpaired) electrons. The van der Waals surface area contributed by atoms with E-state index in [1.54, 1.807) is 6.07 Å². The largest absolute Gasteiger partial charge is 0.396 e. The molecule has 1 aliphatic rings. The number of aromatic nitrogens is 2. The Labute approximate surface area is 181 Å². The quantitative estimate of drug-likeness (QED) is 0.622. The van der Waals surface area contributed by atoms with Gasteiger partial charge in [-0.3, -0.25) is 9.80 Å². The smallest absolute Gasteiger partial charge is 0.127 e. The number of halogens is 2. The Balaban J connectivity index is 1.40. The van der Waals surface area contributed by atoms with E-state index in [2.05, 4.69) is 14.9 Å². The third-order valence-electron chi connectivity index (χ3n) is 5.60. The van der Waals surface area contributed by atoms with Crippen LogP contribution in [0, 0.1) is 5.82 Å². The maximum atomic E-state index is 14.1. The fourth-order valence-electron chi connectivity index (χ4n) is 4.04. The van der Waals surface area contributed by atoms with E-state index in [1.165, 1.54) is 6.07 Å². The van der Waals surface area contributed by atoms with E-state index in [9.17, 15) is 9.50 Å². The van der Waals surface area contributed by atoms with Gasteiger partial charge < -0.3 is 5.11 Å². The van der Waals surface area contributed by atoms with Crippen LogP contribution < -0.4 is 0 Å². The van der Waals surface area contributed by atoms with Crippen molar-refractivity contribution in [2.45, 2.75) is 25.6 Å². The zero-order valence-corrected chi connectivity index (χ0v) is 17.5. The molecule has 0 amide bonds. The summed E-state index contributed by atoms with van der Waals surface area (Å²) in [4.78, 5) is 4.65. The molecule has 4 rings (SSSR count). The lowest BCUT2D eigenvalue weighted by atomic mass is 10.1. The first-order valence-electron chi connectivity index (χ1n) is 10.2. The van der Waals surface area contributed by atoms with Crippen molar-refractivity contribution in [2.75, 3.05) is 26.2 Å². The predicted molar refractivity (Wildman–Crippen MR) is 116 cm³/mol. The van der Waals surface area contributed by atoms with Gasteiger partial charge in [0.25, 0.3) is 0 Å². The van der Waals surface area contributed by atoms with Crippen molar-refractivity contribution in [1.82, 2.24) is 19.6 Å². The highest BCUT2D eigenvalue weighted by Crippen LogP contribution is 2.20. The highest BCUT2D eigenvalue weighted by molar-refractivity contribution is 6.30. The molecule has 1 aliphatic heterocycles. The number of rotatable bonds is 7. The van der Waals surface area contributed by atoms with Crippen LogP contribution in [0.4, 0.5) is 4.39 Å². The monoisotopic (exact) mass is 428 g/mol. The lowest BCUT2D eigenvalue weighted by Crippen LogP contribution is -2.52. The van der Waals surface area contributed by atoms with Gasteiger partial charge in [-0.1, -0.05) is 35.9 Å². The summed E-state index contributed by atoms with van der Waals surface area (Å²) < 4.78 is 15.9. The van der Waals surface area contributed by atoms with Gasteiger partial charge in [0.15, 0.2) is 0 Å². The lowest BCUT2D eigenvalue weighted by molar-refractivity contribution is 0.0493. The summed E-state index contributed by atoms with van der Waals surface area (Å²) >= 11 is 6.09. The van der Waals surface area contributed by atoms with E-state index in [0.717, 1.165) is 37.4 Å². The molecule has 0 spiro atoms. The summed E-state index contributed by atoms with van der Waals surface area (Å²) in [6.07, 6.45) is 4.58. The number of nitrogens with zero attached hydrogens (tertiary/aromatic N) is 4. The van der Waals surface area contributed by atoms with Crippen LogP contribution in [-0.2, 0) is 13.1 Å². The summed E-state index contributed by atoms with van der Waals surface area (Å²) in [5.74, 6) is -0.170. The maximum absolute atomic E-state index is 14.1. The van der Waals surface area contributed by atoms with E-state index < -0.39 is 0 Å². The number of hydrogen-bond donors (Lipinski definition) is 1. The van der Waals surface area contributed by atoms with Gasteiger partial charge in [-0.2, -0.15) is 5.10 Å². The molecular formula is C23H26ClFN4O. The van der Waals surface area contributed by atoms with E-state index in [-0.39, 0.29) is 18.5 Å². The van der Waals surface area contributed by atoms with Gasteiger partial charge in [0.05, 0.1) is 11.9 Å². The summed E-state index contributed by atoms with van der Waals surface area (Å²) in [6, 6.07) is 14.7. The third kappa shape index (κ3) is 5.08. The molecule has 0 aliphatic carbocycles. The van der Waals surface area contributed by atoms with Crippen LogP contribution in [0.2, 0.25) is 5.02 Å². The Morgan fingerprint density at radius 1 is 1.10 bits per heavy atom. The number of hydrogen-bond acceptors (Lipinski definition) is 4. The van der Waals surface area contributed by atoms with Gasteiger partial charge in [0, 0.05) is 67.7 Å².